The highest BCUT2D eigenvalue weighted by atomic mass is 16.5. The maximum Gasteiger partial charge on any atom is 0.122 e. The van der Waals surface area contributed by atoms with E-state index in [0.717, 1.165) is 12.8 Å². The SMILES string of the molecule is C=COC1(C(CO)(C2(O)CC2)C2(O)CC2)CC1. The van der Waals surface area contributed by atoms with E-state index in [-0.39, 0.29) is 6.61 Å². The van der Waals surface area contributed by atoms with Crippen LogP contribution >= 0.6 is 0 Å². The lowest BCUT2D eigenvalue weighted by Gasteiger charge is -2.47. The maximum atomic E-state index is 10.6. The molecule has 0 spiro atoms. The topological polar surface area (TPSA) is 69.9 Å². The largest absolute Gasteiger partial charge is 0.495 e. The van der Waals surface area contributed by atoms with Crippen LogP contribution in [0.25, 0.3) is 0 Å². The third-order valence-corrected chi connectivity index (χ3v) is 5.06. The van der Waals surface area contributed by atoms with Crippen molar-refractivity contribution in [2.24, 2.45) is 5.41 Å². The second-order valence-corrected chi connectivity index (χ2v) is 5.91. The van der Waals surface area contributed by atoms with Crippen molar-refractivity contribution < 1.29 is 20.1 Å². The Morgan fingerprint density at radius 2 is 1.53 bits per heavy atom. The van der Waals surface area contributed by atoms with Crippen molar-refractivity contribution in [1.29, 1.82) is 0 Å². The first-order valence-electron chi connectivity index (χ1n) is 6.34. The molecule has 3 aliphatic carbocycles. The van der Waals surface area contributed by atoms with Gasteiger partial charge in [-0.25, -0.2) is 0 Å². The molecule has 96 valence electrons. The fourth-order valence-electron chi connectivity index (χ4n) is 3.73. The third kappa shape index (κ3) is 1.18. The summed E-state index contributed by atoms with van der Waals surface area (Å²) < 4.78 is 5.61. The second-order valence-electron chi connectivity index (χ2n) is 5.91. The fourth-order valence-corrected chi connectivity index (χ4v) is 3.73. The van der Waals surface area contributed by atoms with Crippen LogP contribution < -0.4 is 0 Å². The van der Waals surface area contributed by atoms with Gasteiger partial charge in [0.05, 0.1) is 29.5 Å². The quantitative estimate of drug-likeness (QED) is 0.598. The van der Waals surface area contributed by atoms with Crippen molar-refractivity contribution in [3.63, 3.8) is 0 Å². The summed E-state index contributed by atoms with van der Waals surface area (Å²) in [4.78, 5) is 0. The van der Waals surface area contributed by atoms with Gasteiger partial charge in [0.15, 0.2) is 0 Å². The number of aliphatic hydroxyl groups is 3. The zero-order chi connectivity index (χ0) is 12.4. The Balaban J connectivity index is 2.04. The van der Waals surface area contributed by atoms with Gasteiger partial charge in [0.2, 0.25) is 0 Å². The van der Waals surface area contributed by atoms with E-state index in [1.165, 1.54) is 6.26 Å². The van der Waals surface area contributed by atoms with Gasteiger partial charge in [0, 0.05) is 0 Å². The Hall–Kier alpha value is -0.580. The first-order valence-corrected chi connectivity index (χ1v) is 6.34. The molecular formula is C13H20O4. The second kappa shape index (κ2) is 3.05. The van der Waals surface area contributed by atoms with Gasteiger partial charge in [-0.3, -0.25) is 0 Å². The molecule has 0 aliphatic heterocycles. The smallest absolute Gasteiger partial charge is 0.122 e. The van der Waals surface area contributed by atoms with Crippen LogP contribution in [0.3, 0.4) is 0 Å². The molecule has 4 nitrogen and oxygen atoms in total. The van der Waals surface area contributed by atoms with E-state index in [2.05, 4.69) is 6.58 Å². The average molecular weight is 240 g/mol. The van der Waals surface area contributed by atoms with Crippen molar-refractivity contribution in [3.8, 4) is 0 Å². The van der Waals surface area contributed by atoms with Crippen LogP contribution in [0.15, 0.2) is 12.8 Å². The number of ether oxygens (including phenoxy) is 1. The molecule has 3 rings (SSSR count). The van der Waals surface area contributed by atoms with E-state index in [4.69, 9.17) is 4.74 Å². The highest BCUT2D eigenvalue weighted by Crippen LogP contribution is 2.73. The molecule has 0 saturated heterocycles. The van der Waals surface area contributed by atoms with Crippen molar-refractivity contribution in [3.05, 3.63) is 12.8 Å². The zero-order valence-corrected chi connectivity index (χ0v) is 9.98. The van der Waals surface area contributed by atoms with Gasteiger partial charge in [-0.2, -0.15) is 0 Å². The molecule has 0 aromatic heterocycles. The summed E-state index contributed by atoms with van der Waals surface area (Å²) in [6, 6.07) is 0. The number of rotatable bonds is 6. The molecule has 0 heterocycles. The molecule has 0 amide bonds. The Kier molecular flexibility index (Phi) is 2.06. The Morgan fingerprint density at radius 3 is 1.76 bits per heavy atom. The van der Waals surface area contributed by atoms with E-state index >= 15 is 0 Å². The zero-order valence-electron chi connectivity index (χ0n) is 9.98. The van der Waals surface area contributed by atoms with Crippen LogP contribution in [0.4, 0.5) is 0 Å². The minimum absolute atomic E-state index is 0.228. The molecule has 3 saturated carbocycles. The maximum absolute atomic E-state index is 10.6. The number of hydrogen-bond donors (Lipinski definition) is 3. The molecule has 0 radical (unpaired) electrons. The van der Waals surface area contributed by atoms with Crippen LogP contribution in [0.1, 0.15) is 38.5 Å². The first-order chi connectivity index (χ1) is 7.99. The average Bonchev–Trinajstić information content (AvgIpc) is 3.12. The van der Waals surface area contributed by atoms with Crippen molar-refractivity contribution in [2.45, 2.75) is 55.3 Å². The molecule has 0 aromatic rings. The predicted octanol–water partition coefficient (Wildman–Crippen LogP) is 0.708. The Bertz CT molecular complexity index is 332. The summed E-state index contributed by atoms with van der Waals surface area (Å²) in [7, 11) is 0. The standard InChI is InChI=1S/C13H20O4/c1-2-17-12(7-8-12)13(9-14,10(15)3-4-10)11(16)5-6-11/h2,14-16H,1,3-9H2. The van der Waals surface area contributed by atoms with Crippen LogP contribution in [-0.4, -0.2) is 38.7 Å². The fraction of sp³-hybridized carbons (Fsp3) is 0.846. The van der Waals surface area contributed by atoms with Gasteiger partial charge in [-0.05, 0) is 38.5 Å². The van der Waals surface area contributed by atoms with E-state index in [1.54, 1.807) is 0 Å². The van der Waals surface area contributed by atoms with Gasteiger partial charge >= 0.3 is 0 Å². The van der Waals surface area contributed by atoms with Crippen molar-refractivity contribution >= 4 is 0 Å². The molecule has 0 unspecified atom stereocenters. The van der Waals surface area contributed by atoms with Gasteiger partial charge in [-0.1, -0.05) is 6.58 Å². The van der Waals surface area contributed by atoms with Crippen LogP contribution in [0.5, 0.6) is 0 Å². The van der Waals surface area contributed by atoms with Gasteiger partial charge in [0.25, 0.3) is 0 Å². The van der Waals surface area contributed by atoms with E-state index in [9.17, 15) is 15.3 Å². The summed E-state index contributed by atoms with van der Waals surface area (Å²) in [6.07, 6.45) is 5.45. The van der Waals surface area contributed by atoms with E-state index < -0.39 is 22.2 Å². The molecule has 17 heavy (non-hydrogen) atoms. The summed E-state index contributed by atoms with van der Waals surface area (Å²) in [6.45, 7) is 3.34. The Labute approximate surface area is 101 Å². The van der Waals surface area contributed by atoms with Crippen LogP contribution in [-0.2, 0) is 4.74 Å². The molecule has 0 bridgehead atoms. The molecule has 4 heteroatoms. The lowest BCUT2D eigenvalue weighted by Crippen LogP contribution is -2.61. The third-order valence-electron chi connectivity index (χ3n) is 5.06. The molecule has 3 fully saturated rings. The summed E-state index contributed by atoms with van der Waals surface area (Å²) in [5.41, 5.74) is -3.47. The minimum Gasteiger partial charge on any atom is -0.495 e. The van der Waals surface area contributed by atoms with Crippen LogP contribution in [0.2, 0.25) is 0 Å². The highest BCUT2D eigenvalue weighted by Gasteiger charge is 2.82. The van der Waals surface area contributed by atoms with Gasteiger partial charge in [-0.15, -0.1) is 0 Å². The van der Waals surface area contributed by atoms with Crippen molar-refractivity contribution in [2.75, 3.05) is 6.61 Å². The van der Waals surface area contributed by atoms with Crippen LogP contribution in [0, 0.1) is 5.41 Å². The molecule has 0 atom stereocenters. The number of hydrogen-bond acceptors (Lipinski definition) is 4. The van der Waals surface area contributed by atoms with Gasteiger partial charge < -0.3 is 20.1 Å². The lowest BCUT2D eigenvalue weighted by atomic mass is 9.67. The number of aliphatic hydroxyl groups excluding tert-OH is 1. The predicted molar refractivity (Wildman–Crippen MR) is 61.1 cm³/mol. The van der Waals surface area contributed by atoms with Gasteiger partial charge in [0.1, 0.15) is 5.60 Å². The first kappa shape index (κ1) is 11.5. The summed E-state index contributed by atoms with van der Waals surface area (Å²) in [5.74, 6) is 0. The van der Waals surface area contributed by atoms with E-state index in [0.29, 0.717) is 25.7 Å². The lowest BCUT2D eigenvalue weighted by molar-refractivity contribution is -0.199. The summed E-state index contributed by atoms with van der Waals surface area (Å²) in [5, 5.41) is 31.1. The Morgan fingerprint density at radius 1 is 1.06 bits per heavy atom. The summed E-state index contributed by atoms with van der Waals surface area (Å²) >= 11 is 0. The molecule has 3 N–H and O–H groups in total. The highest BCUT2D eigenvalue weighted by molar-refractivity contribution is 5.32. The van der Waals surface area contributed by atoms with E-state index in [1.807, 2.05) is 0 Å². The van der Waals surface area contributed by atoms with Crippen molar-refractivity contribution in [1.82, 2.24) is 0 Å². The molecule has 0 aromatic carbocycles. The monoisotopic (exact) mass is 240 g/mol. The minimum atomic E-state index is -0.966. The molecule has 3 aliphatic rings. The molecular weight excluding hydrogens is 220 g/mol. The normalized spacial score (nSPS) is 30.5.